The van der Waals surface area contributed by atoms with E-state index in [0.29, 0.717) is 11.4 Å². The third-order valence-electron chi connectivity index (χ3n) is 3.88. The zero-order valence-corrected chi connectivity index (χ0v) is 15.9. The van der Waals surface area contributed by atoms with Gasteiger partial charge < -0.3 is 10.1 Å². The molecule has 0 saturated carbocycles. The first kappa shape index (κ1) is 19.4. The van der Waals surface area contributed by atoms with Crippen molar-refractivity contribution in [3.8, 4) is 5.75 Å². The first-order valence-corrected chi connectivity index (χ1v) is 9.29. The first-order chi connectivity index (χ1) is 13.6. The first-order valence-electron chi connectivity index (χ1n) is 8.48. The van der Waals surface area contributed by atoms with Gasteiger partial charge in [0.05, 0.1) is 12.0 Å². The second kappa shape index (κ2) is 9.05. The van der Waals surface area contributed by atoms with Crippen molar-refractivity contribution >= 4 is 40.6 Å². The van der Waals surface area contributed by atoms with Crippen LogP contribution in [-0.4, -0.2) is 35.6 Å². The molecule has 2 aromatic carbocycles. The Bertz CT molecular complexity index is 937. The molecule has 0 unspecified atom stereocenters. The third-order valence-corrected chi connectivity index (χ3v) is 4.81. The van der Waals surface area contributed by atoms with Gasteiger partial charge in [0.2, 0.25) is 5.91 Å². The van der Waals surface area contributed by atoms with E-state index in [1.807, 2.05) is 36.4 Å². The van der Waals surface area contributed by atoms with Gasteiger partial charge in [-0.05, 0) is 47.7 Å². The maximum Gasteiger partial charge on any atom is 0.294 e. The smallest absolute Gasteiger partial charge is 0.294 e. The average Bonchev–Trinajstić information content (AvgIpc) is 2.97. The second-order valence-electron chi connectivity index (χ2n) is 5.84. The molecule has 142 valence electrons. The Balaban J connectivity index is 1.60. The van der Waals surface area contributed by atoms with Gasteiger partial charge in [0.15, 0.2) is 0 Å². The van der Waals surface area contributed by atoms with Gasteiger partial charge in [0.25, 0.3) is 11.1 Å². The van der Waals surface area contributed by atoms with Gasteiger partial charge in [-0.1, -0.05) is 42.5 Å². The van der Waals surface area contributed by atoms with Crippen molar-refractivity contribution in [2.45, 2.75) is 0 Å². The number of carbonyl (C=O) groups is 3. The molecule has 28 heavy (non-hydrogen) atoms. The zero-order valence-electron chi connectivity index (χ0n) is 15.1. The molecular formula is C21H18N2O4S. The summed E-state index contributed by atoms with van der Waals surface area (Å²) in [5, 5.41) is 2.19. The van der Waals surface area contributed by atoms with E-state index in [-0.39, 0.29) is 11.4 Å². The summed E-state index contributed by atoms with van der Waals surface area (Å²) in [7, 11) is 1.55. The molecule has 1 heterocycles. The van der Waals surface area contributed by atoms with Crippen LogP contribution in [0.4, 0.5) is 10.5 Å². The lowest BCUT2D eigenvalue weighted by Gasteiger charge is -2.12. The normalized spacial score (nSPS) is 15.5. The van der Waals surface area contributed by atoms with E-state index in [4.69, 9.17) is 4.74 Å². The zero-order chi connectivity index (χ0) is 19.9. The van der Waals surface area contributed by atoms with Crippen molar-refractivity contribution in [2.75, 3.05) is 19.0 Å². The van der Waals surface area contributed by atoms with Crippen molar-refractivity contribution in [1.82, 2.24) is 4.90 Å². The molecule has 2 aromatic rings. The molecule has 1 saturated heterocycles. The number of imide groups is 1. The Morgan fingerprint density at radius 1 is 1.11 bits per heavy atom. The predicted molar refractivity (Wildman–Crippen MR) is 110 cm³/mol. The summed E-state index contributed by atoms with van der Waals surface area (Å²) in [5.74, 6) is -0.260. The van der Waals surface area contributed by atoms with Crippen molar-refractivity contribution in [1.29, 1.82) is 0 Å². The predicted octanol–water partition coefficient (Wildman–Crippen LogP) is 3.93. The molecule has 3 rings (SSSR count). The fourth-order valence-corrected chi connectivity index (χ4v) is 3.27. The topological polar surface area (TPSA) is 75.7 Å². The van der Waals surface area contributed by atoms with Crippen LogP contribution < -0.4 is 10.1 Å². The summed E-state index contributed by atoms with van der Waals surface area (Å²) < 4.78 is 5.06. The number of rotatable bonds is 6. The summed E-state index contributed by atoms with van der Waals surface area (Å²) in [4.78, 5) is 37.9. The number of allylic oxidation sites excluding steroid dienone is 2. The number of thioether (sulfide) groups is 1. The van der Waals surface area contributed by atoms with Gasteiger partial charge in [-0.2, -0.15) is 0 Å². The number of hydrogen-bond donors (Lipinski definition) is 1. The number of carbonyl (C=O) groups excluding carboxylic acids is 3. The molecule has 0 spiro atoms. The van der Waals surface area contributed by atoms with Gasteiger partial charge in [-0.15, -0.1) is 0 Å². The van der Waals surface area contributed by atoms with Crippen LogP contribution in [0.5, 0.6) is 5.75 Å². The number of methoxy groups -OCH3 is 1. The van der Waals surface area contributed by atoms with Crippen LogP contribution in [0.25, 0.3) is 6.08 Å². The second-order valence-corrected chi connectivity index (χ2v) is 6.83. The molecule has 1 aliphatic rings. The summed E-state index contributed by atoms with van der Waals surface area (Å²) in [6.07, 6.45) is 5.13. The minimum Gasteiger partial charge on any atom is -0.497 e. The molecule has 3 amide bonds. The number of nitrogens with one attached hydrogen (secondary N) is 1. The Kier molecular flexibility index (Phi) is 6.29. The van der Waals surface area contributed by atoms with Crippen LogP contribution in [0.2, 0.25) is 0 Å². The monoisotopic (exact) mass is 394 g/mol. The Morgan fingerprint density at radius 3 is 2.50 bits per heavy atom. The van der Waals surface area contributed by atoms with Crippen molar-refractivity contribution in [3.05, 3.63) is 77.2 Å². The molecule has 1 fully saturated rings. The molecule has 7 heteroatoms. The van der Waals surface area contributed by atoms with Gasteiger partial charge in [-0.25, -0.2) is 0 Å². The summed E-state index contributed by atoms with van der Waals surface area (Å²) in [6.45, 7) is -0.337. The highest BCUT2D eigenvalue weighted by Crippen LogP contribution is 2.30. The largest absolute Gasteiger partial charge is 0.497 e. The Hall–Kier alpha value is -3.32. The van der Waals surface area contributed by atoms with Crippen LogP contribution >= 0.6 is 11.8 Å². The van der Waals surface area contributed by atoms with Gasteiger partial charge in [0.1, 0.15) is 12.3 Å². The van der Waals surface area contributed by atoms with E-state index in [1.165, 1.54) is 0 Å². The fraction of sp³-hybridized carbons (Fsp3) is 0.0952. The molecule has 1 N–H and O–H groups in total. The maximum atomic E-state index is 12.4. The highest BCUT2D eigenvalue weighted by atomic mass is 32.2. The lowest BCUT2D eigenvalue weighted by atomic mass is 10.2. The number of ether oxygens (including phenoxy) is 1. The van der Waals surface area contributed by atoms with Crippen molar-refractivity contribution in [2.24, 2.45) is 0 Å². The van der Waals surface area contributed by atoms with E-state index in [0.717, 1.165) is 22.2 Å². The third kappa shape index (κ3) is 4.89. The van der Waals surface area contributed by atoms with Crippen LogP contribution in [0.15, 0.2) is 71.7 Å². The van der Waals surface area contributed by atoms with E-state index in [9.17, 15) is 14.4 Å². The lowest BCUT2D eigenvalue weighted by Crippen LogP contribution is -2.36. The van der Waals surface area contributed by atoms with E-state index in [2.05, 4.69) is 5.32 Å². The highest BCUT2D eigenvalue weighted by molar-refractivity contribution is 8.18. The summed E-state index contributed by atoms with van der Waals surface area (Å²) in [5.41, 5.74) is 1.54. The molecule has 6 nitrogen and oxygen atoms in total. The quantitative estimate of drug-likeness (QED) is 0.752. The molecule has 0 radical (unpaired) electrons. The van der Waals surface area contributed by atoms with Gasteiger partial charge in [0, 0.05) is 5.69 Å². The number of benzene rings is 2. The SMILES string of the molecule is COc1ccc(NC(=O)CN2C(=O)S/C(=C/C=C/c3ccccc3)C2=O)cc1. The molecule has 0 atom stereocenters. The van der Waals surface area contributed by atoms with Gasteiger partial charge in [-0.3, -0.25) is 19.3 Å². The van der Waals surface area contributed by atoms with Crippen LogP contribution in [-0.2, 0) is 9.59 Å². The number of hydrogen-bond acceptors (Lipinski definition) is 5. The van der Waals surface area contributed by atoms with Crippen LogP contribution in [0.3, 0.4) is 0 Å². The number of anilines is 1. The summed E-state index contributed by atoms with van der Waals surface area (Å²) in [6, 6.07) is 16.4. The highest BCUT2D eigenvalue weighted by Gasteiger charge is 2.35. The van der Waals surface area contributed by atoms with Crippen LogP contribution in [0, 0.1) is 0 Å². The average molecular weight is 394 g/mol. The molecule has 0 bridgehead atoms. The number of amides is 3. The summed E-state index contributed by atoms with van der Waals surface area (Å²) >= 11 is 0.821. The van der Waals surface area contributed by atoms with E-state index in [1.54, 1.807) is 43.5 Å². The lowest BCUT2D eigenvalue weighted by molar-refractivity contribution is -0.127. The fourth-order valence-electron chi connectivity index (χ4n) is 2.48. The van der Waals surface area contributed by atoms with E-state index < -0.39 is 17.1 Å². The molecule has 1 aliphatic heterocycles. The molecule has 0 aromatic heterocycles. The minimum absolute atomic E-state index is 0.287. The van der Waals surface area contributed by atoms with Crippen LogP contribution in [0.1, 0.15) is 5.56 Å². The van der Waals surface area contributed by atoms with E-state index >= 15 is 0 Å². The Labute approximate surface area is 166 Å². The standard InChI is InChI=1S/C21H18N2O4S/c1-27-17-12-10-16(11-13-17)22-19(24)14-23-20(25)18(28-21(23)26)9-5-8-15-6-3-2-4-7-15/h2-13H,14H2,1H3,(H,22,24)/b8-5+,18-9+. The maximum absolute atomic E-state index is 12.4. The Morgan fingerprint density at radius 2 is 1.82 bits per heavy atom. The molecule has 0 aliphatic carbocycles. The number of nitrogens with zero attached hydrogens (tertiary/aromatic N) is 1. The van der Waals surface area contributed by atoms with Crippen molar-refractivity contribution < 1.29 is 19.1 Å². The minimum atomic E-state index is -0.474. The molecular weight excluding hydrogens is 376 g/mol. The van der Waals surface area contributed by atoms with Gasteiger partial charge >= 0.3 is 0 Å². The van der Waals surface area contributed by atoms with Crippen molar-refractivity contribution in [3.63, 3.8) is 0 Å².